The van der Waals surface area contributed by atoms with Crippen LogP contribution in [0.25, 0.3) is 0 Å². The van der Waals surface area contributed by atoms with Gasteiger partial charge in [-0.3, -0.25) is 4.79 Å². The smallest absolute Gasteiger partial charge is 0.267 e. The highest BCUT2D eigenvalue weighted by Gasteiger charge is 2.15. The van der Waals surface area contributed by atoms with Gasteiger partial charge in [-0.1, -0.05) is 11.6 Å². The molecule has 82 valence electrons. The number of amides is 1. The van der Waals surface area contributed by atoms with Crippen molar-refractivity contribution in [2.45, 2.75) is 18.9 Å². The van der Waals surface area contributed by atoms with E-state index in [-0.39, 0.29) is 5.91 Å². The molecule has 2 heterocycles. The van der Waals surface area contributed by atoms with Crippen molar-refractivity contribution in [3.63, 3.8) is 0 Å². The number of carbonyl (C=O) groups excluding carboxylic acids is 1. The minimum atomic E-state index is -0.101. The number of aromatic amines is 1. The quantitative estimate of drug-likeness (QED) is 0.726. The molecular formula is C10H14ClN3O. The summed E-state index contributed by atoms with van der Waals surface area (Å²) >= 11 is 5.71. The average molecular weight is 228 g/mol. The SMILES string of the molecule is O=C(NCC1CCCN1)c1cc(Cl)c[nH]1. The van der Waals surface area contributed by atoms with Crippen LogP contribution in [0.4, 0.5) is 0 Å². The number of H-pyrrole nitrogens is 1. The lowest BCUT2D eigenvalue weighted by molar-refractivity contribution is 0.0946. The lowest BCUT2D eigenvalue weighted by atomic mass is 10.2. The van der Waals surface area contributed by atoms with E-state index in [1.54, 1.807) is 12.3 Å². The lowest BCUT2D eigenvalue weighted by Gasteiger charge is -2.10. The number of aromatic nitrogens is 1. The van der Waals surface area contributed by atoms with Gasteiger partial charge in [0.15, 0.2) is 0 Å². The van der Waals surface area contributed by atoms with Crippen LogP contribution in [0.3, 0.4) is 0 Å². The molecule has 1 aromatic rings. The van der Waals surface area contributed by atoms with Crippen molar-refractivity contribution >= 4 is 17.5 Å². The van der Waals surface area contributed by atoms with Crippen LogP contribution in [0.15, 0.2) is 12.3 Å². The molecule has 0 saturated carbocycles. The van der Waals surface area contributed by atoms with Crippen molar-refractivity contribution in [1.29, 1.82) is 0 Å². The molecule has 1 saturated heterocycles. The van der Waals surface area contributed by atoms with Gasteiger partial charge in [-0.15, -0.1) is 0 Å². The monoisotopic (exact) mass is 227 g/mol. The Bertz CT molecular complexity index is 344. The third-order valence-corrected chi connectivity index (χ3v) is 2.78. The van der Waals surface area contributed by atoms with Gasteiger partial charge in [0.1, 0.15) is 5.69 Å². The minimum absolute atomic E-state index is 0.101. The summed E-state index contributed by atoms with van der Waals surface area (Å²) in [4.78, 5) is 14.4. The number of rotatable bonds is 3. The standard InChI is InChI=1S/C10H14ClN3O/c11-7-4-9(13-5-7)10(15)14-6-8-2-1-3-12-8/h4-5,8,12-13H,1-3,6H2,(H,14,15). The Morgan fingerprint density at radius 3 is 3.13 bits per heavy atom. The lowest BCUT2D eigenvalue weighted by Crippen LogP contribution is -2.37. The van der Waals surface area contributed by atoms with Crippen LogP contribution in [0.1, 0.15) is 23.3 Å². The maximum atomic E-state index is 11.6. The summed E-state index contributed by atoms with van der Waals surface area (Å²) < 4.78 is 0. The van der Waals surface area contributed by atoms with Gasteiger partial charge in [0.25, 0.3) is 5.91 Å². The van der Waals surface area contributed by atoms with Crippen LogP contribution in [0.5, 0.6) is 0 Å². The highest BCUT2D eigenvalue weighted by atomic mass is 35.5. The topological polar surface area (TPSA) is 56.9 Å². The van der Waals surface area contributed by atoms with Crippen molar-refractivity contribution in [1.82, 2.24) is 15.6 Å². The first-order valence-corrected chi connectivity index (χ1v) is 5.49. The summed E-state index contributed by atoms with van der Waals surface area (Å²) in [6.45, 7) is 1.73. The van der Waals surface area contributed by atoms with Crippen molar-refractivity contribution in [3.8, 4) is 0 Å². The molecule has 5 heteroatoms. The molecule has 15 heavy (non-hydrogen) atoms. The summed E-state index contributed by atoms with van der Waals surface area (Å²) in [6.07, 6.45) is 3.92. The number of halogens is 1. The predicted octanol–water partition coefficient (Wildman–Crippen LogP) is 1.15. The molecule has 1 aromatic heterocycles. The Morgan fingerprint density at radius 2 is 2.53 bits per heavy atom. The molecule has 0 aromatic carbocycles. The van der Waals surface area contributed by atoms with E-state index in [0.717, 1.165) is 13.0 Å². The third kappa shape index (κ3) is 2.73. The van der Waals surface area contributed by atoms with E-state index in [1.807, 2.05) is 0 Å². The fourth-order valence-electron chi connectivity index (χ4n) is 1.74. The van der Waals surface area contributed by atoms with E-state index in [1.165, 1.54) is 6.42 Å². The van der Waals surface area contributed by atoms with E-state index in [2.05, 4.69) is 15.6 Å². The zero-order chi connectivity index (χ0) is 10.7. The molecule has 1 aliphatic rings. The van der Waals surface area contributed by atoms with Crippen molar-refractivity contribution in [2.75, 3.05) is 13.1 Å². The Labute approximate surface area is 93.4 Å². The molecule has 1 atom stereocenters. The van der Waals surface area contributed by atoms with Crippen molar-refractivity contribution in [3.05, 3.63) is 23.0 Å². The first-order valence-electron chi connectivity index (χ1n) is 5.11. The van der Waals surface area contributed by atoms with Crippen LogP contribution in [-0.2, 0) is 0 Å². The van der Waals surface area contributed by atoms with E-state index >= 15 is 0 Å². The maximum absolute atomic E-state index is 11.6. The Kier molecular flexibility index (Phi) is 3.28. The highest BCUT2D eigenvalue weighted by Crippen LogP contribution is 2.09. The Hall–Kier alpha value is -1.00. The molecule has 0 bridgehead atoms. The van der Waals surface area contributed by atoms with E-state index in [4.69, 9.17) is 11.6 Å². The zero-order valence-electron chi connectivity index (χ0n) is 8.35. The van der Waals surface area contributed by atoms with Gasteiger partial charge in [0.05, 0.1) is 5.02 Å². The number of hydrogen-bond acceptors (Lipinski definition) is 2. The minimum Gasteiger partial charge on any atom is -0.356 e. The molecule has 4 nitrogen and oxygen atoms in total. The summed E-state index contributed by atoms with van der Waals surface area (Å²) in [7, 11) is 0. The Balaban J connectivity index is 1.81. The molecule has 1 fully saturated rings. The first-order chi connectivity index (χ1) is 7.25. The largest absolute Gasteiger partial charge is 0.356 e. The van der Waals surface area contributed by atoms with Crippen LogP contribution in [0.2, 0.25) is 5.02 Å². The van der Waals surface area contributed by atoms with Gasteiger partial charge in [-0.05, 0) is 25.5 Å². The molecule has 1 aliphatic heterocycles. The molecular weight excluding hydrogens is 214 g/mol. The average Bonchev–Trinajstić information content (AvgIpc) is 2.84. The van der Waals surface area contributed by atoms with Crippen molar-refractivity contribution in [2.24, 2.45) is 0 Å². The van der Waals surface area contributed by atoms with Gasteiger partial charge < -0.3 is 15.6 Å². The third-order valence-electron chi connectivity index (χ3n) is 2.56. The fraction of sp³-hybridized carbons (Fsp3) is 0.500. The van der Waals surface area contributed by atoms with Crippen LogP contribution < -0.4 is 10.6 Å². The summed E-state index contributed by atoms with van der Waals surface area (Å²) in [5.74, 6) is -0.101. The second kappa shape index (κ2) is 4.68. The van der Waals surface area contributed by atoms with E-state index in [9.17, 15) is 4.79 Å². The highest BCUT2D eigenvalue weighted by molar-refractivity contribution is 6.30. The fourth-order valence-corrected chi connectivity index (χ4v) is 1.90. The van der Waals surface area contributed by atoms with Crippen LogP contribution in [0, 0.1) is 0 Å². The molecule has 3 N–H and O–H groups in total. The normalized spacial score (nSPS) is 20.5. The van der Waals surface area contributed by atoms with E-state index in [0.29, 0.717) is 23.3 Å². The molecule has 0 radical (unpaired) electrons. The van der Waals surface area contributed by atoms with Gasteiger partial charge in [0, 0.05) is 18.8 Å². The maximum Gasteiger partial charge on any atom is 0.267 e. The van der Waals surface area contributed by atoms with Crippen LogP contribution in [-0.4, -0.2) is 30.0 Å². The second-order valence-electron chi connectivity index (χ2n) is 3.73. The Morgan fingerprint density at radius 1 is 1.67 bits per heavy atom. The summed E-state index contributed by atoms with van der Waals surface area (Å²) in [6, 6.07) is 2.04. The molecule has 0 spiro atoms. The molecule has 0 aliphatic carbocycles. The first kappa shape index (κ1) is 10.5. The number of nitrogens with one attached hydrogen (secondary N) is 3. The van der Waals surface area contributed by atoms with Gasteiger partial charge in [0.2, 0.25) is 0 Å². The molecule has 1 amide bonds. The molecule has 1 unspecified atom stereocenters. The molecule has 2 rings (SSSR count). The summed E-state index contributed by atoms with van der Waals surface area (Å²) in [5.41, 5.74) is 0.512. The van der Waals surface area contributed by atoms with Crippen LogP contribution >= 0.6 is 11.6 Å². The number of carbonyl (C=O) groups is 1. The second-order valence-corrected chi connectivity index (χ2v) is 4.17. The van der Waals surface area contributed by atoms with Crippen molar-refractivity contribution < 1.29 is 4.79 Å². The zero-order valence-corrected chi connectivity index (χ0v) is 9.10. The van der Waals surface area contributed by atoms with E-state index < -0.39 is 0 Å². The summed E-state index contributed by atoms with van der Waals surface area (Å²) in [5, 5.41) is 6.74. The predicted molar refractivity (Wildman–Crippen MR) is 59.2 cm³/mol. The van der Waals surface area contributed by atoms with Gasteiger partial charge >= 0.3 is 0 Å². The van der Waals surface area contributed by atoms with Gasteiger partial charge in [-0.2, -0.15) is 0 Å². The number of hydrogen-bond donors (Lipinski definition) is 3. The van der Waals surface area contributed by atoms with Gasteiger partial charge in [-0.25, -0.2) is 0 Å².